The van der Waals surface area contributed by atoms with Crippen molar-refractivity contribution in [2.24, 2.45) is 0 Å². The summed E-state index contributed by atoms with van der Waals surface area (Å²) < 4.78 is 16.4. The Labute approximate surface area is 139 Å². The molecular weight excluding hydrogens is 372 g/mol. The molecule has 0 atom stereocenters. The summed E-state index contributed by atoms with van der Waals surface area (Å²) in [4.78, 5) is 11.8. The first-order valence-electron chi connectivity index (χ1n) is 6.39. The molecule has 0 aliphatic rings. The van der Waals surface area contributed by atoms with E-state index < -0.39 is 5.97 Å². The van der Waals surface area contributed by atoms with Gasteiger partial charge in [-0.15, -0.1) is 0 Å². The molecule has 112 valence electrons. The summed E-state index contributed by atoms with van der Waals surface area (Å²) in [6.45, 7) is 0.0325. The lowest BCUT2D eigenvalue weighted by molar-refractivity contribution is 0.0408. The molecule has 22 heavy (non-hydrogen) atoms. The van der Waals surface area contributed by atoms with E-state index in [9.17, 15) is 4.79 Å². The Hall–Kier alpha value is -1.98. The Bertz CT molecular complexity index is 789. The van der Waals surface area contributed by atoms with Gasteiger partial charge in [0.25, 0.3) is 0 Å². The molecule has 0 saturated carbocycles. The molecule has 0 amide bonds. The van der Waals surface area contributed by atoms with E-state index in [0.717, 1.165) is 5.56 Å². The second-order valence-electron chi connectivity index (χ2n) is 4.45. The highest BCUT2D eigenvalue weighted by molar-refractivity contribution is 9.10. The lowest BCUT2D eigenvalue weighted by Gasteiger charge is -2.00. The number of ether oxygens (including phenoxy) is 1. The number of rotatable bonds is 4. The van der Waals surface area contributed by atoms with Crippen LogP contribution in [-0.4, -0.2) is 5.97 Å². The highest BCUT2D eigenvalue weighted by atomic mass is 79.9. The Morgan fingerprint density at radius 1 is 1.05 bits per heavy atom. The number of halogens is 2. The van der Waals surface area contributed by atoms with Crippen LogP contribution in [0.2, 0.25) is 5.02 Å². The van der Waals surface area contributed by atoms with Gasteiger partial charge in [-0.3, -0.25) is 0 Å². The van der Waals surface area contributed by atoms with Gasteiger partial charge in [0.1, 0.15) is 18.1 Å². The molecule has 0 aliphatic carbocycles. The van der Waals surface area contributed by atoms with Crippen LogP contribution in [0.3, 0.4) is 0 Å². The van der Waals surface area contributed by atoms with Crippen molar-refractivity contribution < 1.29 is 18.4 Å². The molecule has 0 unspecified atom stereocenters. The van der Waals surface area contributed by atoms with E-state index in [4.69, 9.17) is 25.2 Å². The third kappa shape index (κ3) is 3.43. The number of furan rings is 2. The van der Waals surface area contributed by atoms with Crippen LogP contribution in [0.15, 0.2) is 62.0 Å². The summed E-state index contributed by atoms with van der Waals surface area (Å²) >= 11 is 8.98. The van der Waals surface area contributed by atoms with Crippen LogP contribution in [0, 0.1) is 0 Å². The second-order valence-corrected chi connectivity index (χ2v) is 5.67. The molecule has 0 N–H and O–H groups in total. The fourth-order valence-electron chi connectivity index (χ4n) is 1.86. The third-order valence-electron chi connectivity index (χ3n) is 2.91. The lowest BCUT2D eigenvalue weighted by atomic mass is 10.2. The van der Waals surface area contributed by atoms with Crippen LogP contribution in [-0.2, 0) is 11.3 Å². The summed E-state index contributed by atoms with van der Waals surface area (Å²) in [6, 6.07) is 14.0. The minimum atomic E-state index is -0.546. The topological polar surface area (TPSA) is 52.6 Å². The minimum Gasteiger partial charge on any atom is -0.457 e. The van der Waals surface area contributed by atoms with E-state index in [1.54, 1.807) is 24.3 Å². The first kappa shape index (κ1) is 14.9. The Kier molecular flexibility index (Phi) is 4.36. The summed E-state index contributed by atoms with van der Waals surface area (Å²) in [5.41, 5.74) is 0.900. The van der Waals surface area contributed by atoms with Crippen molar-refractivity contribution >= 4 is 33.5 Å². The van der Waals surface area contributed by atoms with Crippen LogP contribution in [0.1, 0.15) is 16.3 Å². The monoisotopic (exact) mass is 380 g/mol. The van der Waals surface area contributed by atoms with Gasteiger partial charge in [-0.25, -0.2) is 4.79 Å². The zero-order chi connectivity index (χ0) is 15.5. The Balaban J connectivity index is 1.64. The molecular formula is C16H10BrClO4. The van der Waals surface area contributed by atoms with Gasteiger partial charge in [0, 0.05) is 10.6 Å². The summed E-state index contributed by atoms with van der Waals surface area (Å²) in [7, 11) is 0. The molecule has 0 fully saturated rings. The van der Waals surface area contributed by atoms with Gasteiger partial charge >= 0.3 is 5.97 Å². The van der Waals surface area contributed by atoms with Gasteiger partial charge in [-0.2, -0.15) is 0 Å². The van der Waals surface area contributed by atoms with E-state index in [0.29, 0.717) is 21.2 Å². The average Bonchev–Trinajstić information content (AvgIpc) is 3.15. The maximum absolute atomic E-state index is 11.8. The molecule has 3 aromatic rings. The smallest absolute Gasteiger partial charge is 0.374 e. The fraction of sp³-hybridized carbons (Fsp3) is 0.0625. The largest absolute Gasteiger partial charge is 0.457 e. The zero-order valence-electron chi connectivity index (χ0n) is 11.2. The maximum atomic E-state index is 11.8. The molecule has 0 bridgehead atoms. The van der Waals surface area contributed by atoms with E-state index in [1.165, 1.54) is 6.07 Å². The molecule has 2 aromatic heterocycles. The van der Waals surface area contributed by atoms with Crippen LogP contribution >= 0.6 is 27.5 Å². The first-order valence-corrected chi connectivity index (χ1v) is 7.56. The number of benzene rings is 1. The fourth-order valence-corrected chi connectivity index (χ4v) is 2.29. The number of carbonyl (C=O) groups is 1. The summed E-state index contributed by atoms with van der Waals surface area (Å²) in [6.07, 6.45) is 0. The SMILES string of the molecule is O=C(OCc1ccc(-c2ccc(Cl)cc2)o1)c1ccc(Br)o1. The van der Waals surface area contributed by atoms with E-state index in [2.05, 4.69) is 15.9 Å². The predicted octanol–water partition coefficient (Wildman–Crippen LogP) is 5.31. The number of hydrogen-bond acceptors (Lipinski definition) is 4. The van der Waals surface area contributed by atoms with Crippen molar-refractivity contribution in [3.63, 3.8) is 0 Å². The standard InChI is InChI=1S/C16H10BrClO4/c17-15-8-7-14(22-15)16(19)20-9-12-5-6-13(21-12)10-1-3-11(18)4-2-10/h1-8H,9H2. The molecule has 6 heteroatoms. The molecule has 1 aromatic carbocycles. The molecule has 4 nitrogen and oxygen atoms in total. The molecule has 0 aliphatic heterocycles. The number of hydrogen-bond donors (Lipinski definition) is 0. The predicted molar refractivity (Wildman–Crippen MR) is 84.7 cm³/mol. The quantitative estimate of drug-likeness (QED) is 0.575. The van der Waals surface area contributed by atoms with Gasteiger partial charge in [-0.05, 0) is 64.5 Å². The van der Waals surface area contributed by atoms with Gasteiger partial charge in [-0.1, -0.05) is 11.6 Å². The van der Waals surface area contributed by atoms with E-state index >= 15 is 0 Å². The maximum Gasteiger partial charge on any atom is 0.374 e. The van der Waals surface area contributed by atoms with Crippen molar-refractivity contribution in [1.29, 1.82) is 0 Å². The number of carbonyl (C=O) groups excluding carboxylic acids is 1. The molecule has 0 radical (unpaired) electrons. The highest BCUT2D eigenvalue weighted by Gasteiger charge is 2.13. The van der Waals surface area contributed by atoms with Crippen molar-refractivity contribution in [3.05, 3.63) is 69.7 Å². The minimum absolute atomic E-state index is 0.0325. The van der Waals surface area contributed by atoms with Gasteiger partial charge < -0.3 is 13.6 Å². The third-order valence-corrected chi connectivity index (χ3v) is 3.59. The normalized spacial score (nSPS) is 10.6. The zero-order valence-corrected chi connectivity index (χ0v) is 13.6. The Morgan fingerprint density at radius 3 is 2.50 bits per heavy atom. The first-order chi connectivity index (χ1) is 10.6. The summed E-state index contributed by atoms with van der Waals surface area (Å²) in [5, 5.41) is 0.661. The molecule has 0 spiro atoms. The van der Waals surface area contributed by atoms with Gasteiger partial charge in [0.15, 0.2) is 4.67 Å². The van der Waals surface area contributed by atoms with Crippen LogP contribution < -0.4 is 0 Å². The van der Waals surface area contributed by atoms with Crippen molar-refractivity contribution in [3.8, 4) is 11.3 Å². The average molecular weight is 382 g/mol. The van der Waals surface area contributed by atoms with Crippen LogP contribution in [0.5, 0.6) is 0 Å². The van der Waals surface area contributed by atoms with Crippen LogP contribution in [0.4, 0.5) is 0 Å². The lowest BCUT2D eigenvalue weighted by Crippen LogP contribution is -2.03. The second kappa shape index (κ2) is 6.42. The van der Waals surface area contributed by atoms with Crippen molar-refractivity contribution in [1.82, 2.24) is 0 Å². The molecule has 3 rings (SSSR count). The van der Waals surface area contributed by atoms with Gasteiger partial charge in [0.05, 0.1) is 0 Å². The molecule has 2 heterocycles. The number of esters is 1. The van der Waals surface area contributed by atoms with E-state index in [1.807, 2.05) is 18.2 Å². The van der Waals surface area contributed by atoms with Gasteiger partial charge in [0.2, 0.25) is 5.76 Å². The van der Waals surface area contributed by atoms with Crippen molar-refractivity contribution in [2.45, 2.75) is 6.61 Å². The highest BCUT2D eigenvalue weighted by Crippen LogP contribution is 2.24. The van der Waals surface area contributed by atoms with Crippen LogP contribution in [0.25, 0.3) is 11.3 Å². The summed E-state index contributed by atoms with van der Waals surface area (Å²) in [5.74, 6) is 0.818. The van der Waals surface area contributed by atoms with E-state index in [-0.39, 0.29) is 12.4 Å². The molecule has 0 saturated heterocycles. The Morgan fingerprint density at radius 2 is 1.82 bits per heavy atom. The van der Waals surface area contributed by atoms with Crippen molar-refractivity contribution in [2.75, 3.05) is 0 Å².